The van der Waals surface area contributed by atoms with Crippen LogP contribution in [0.25, 0.3) is 0 Å². The third kappa shape index (κ3) is 2.43. The lowest BCUT2D eigenvalue weighted by Gasteiger charge is -2.35. The molecule has 0 aromatic heterocycles. The van der Waals surface area contributed by atoms with Crippen LogP contribution in [0.3, 0.4) is 0 Å². The summed E-state index contributed by atoms with van der Waals surface area (Å²) in [6.45, 7) is 3.88. The molecule has 2 rings (SSSR count). The van der Waals surface area contributed by atoms with Gasteiger partial charge in [0, 0.05) is 0 Å². The molecule has 5 nitrogen and oxygen atoms in total. The van der Waals surface area contributed by atoms with E-state index in [1.54, 1.807) is 17.0 Å². The summed E-state index contributed by atoms with van der Waals surface area (Å²) in [5.41, 5.74) is 2.10. The Bertz CT molecular complexity index is 575. The average molecular weight is 257 g/mol. The molecule has 2 amide bonds. The predicted molar refractivity (Wildman–Crippen MR) is 70.5 cm³/mol. The van der Waals surface area contributed by atoms with Gasteiger partial charge in [0.05, 0.1) is 17.8 Å². The lowest BCUT2D eigenvalue weighted by Crippen LogP contribution is -2.58. The highest BCUT2D eigenvalue weighted by Crippen LogP contribution is 2.25. The summed E-state index contributed by atoms with van der Waals surface area (Å²) in [7, 11) is 0. The number of hydrogen-bond acceptors (Lipinski definition) is 4. The van der Waals surface area contributed by atoms with Crippen molar-refractivity contribution in [3.63, 3.8) is 0 Å². The maximum absolute atomic E-state index is 11.8. The highest BCUT2D eigenvalue weighted by molar-refractivity contribution is 6.04. The molecule has 5 heteroatoms. The monoisotopic (exact) mass is 257 g/mol. The molecule has 0 spiro atoms. The summed E-state index contributed by atoms with van der Waals surface area (Å²) in [5, 5.41) is 11.5. The SMILES string of the molecule is CCC1C(=O)NC(=O)CN1c1ccc(C)cc1C#N. The van der Waals surface area contributed by atoms with Gasteiger partial charge in [-0.2, -0.15) is 5.26 Å². The Hall–Kier alpha value is -2.35. The number of rotatable bonds is 2. The van der Waals surface area contributed by atoms with Gasteiger partial charge in [-0.15, -0.1) is 0 Å². The Morgan fingerprint density at radius 3 is 2.84 bits per heavy atom. The molecule has 1 heterocycles. The van der Waals surface area contributed by atoms with E-state index in [4.69, 9.17) is 0 Å². The van der Waals surface area contributed by atoms with Gasteiger partial charge in [0.15, 0.2) is 0 Å². The third-order valence-corrected chi connectivity index (χ3v) is 3.22. The van der Waals surface area contributed by atoms with Gasteiger partial charge in [-0.25, -0.2) is 0 Å². The van der Waals surface area contributed by atoms with E-state index in [2.05, 4.69) is 11.4 Å². The molecule has 1 unspecified atom stereocenters. The Balaban J connectivity index is 2.46. The van der Waals surface area contributed by atoms with Crippen molar-refractivity contribution in [2.75, 3.05) is 11.4 Å². The maximum atomic E-state index is 11.8. The lowest BCUT2D eigenvalue weighted by atomic mass is 10.0. The summed E-state index contributed by atoms with van der Waals surface area (Å²) in [6, 6.07) is 7.15. The number of nitrogens with zero attached hydrogens (tertiary/aromatic N) is 2. The summed E-state index contributed by atoms with van der Waals surface area (Å²) in [6.07, 6.45) is 0.581. The van der Waals surface area contributed by atoms with Crippen LogP contribution in [-0.2, 0) is 9.59 Å². The molecule has 0 bridgehead atoms. The van der Waals surface area contributed by atoms with Crippen molar-refractivity contribution in [3.05, 3.63) is 29.3 Å². The van der Waals surface area contributed by atoms with Crippen LogP contribution in [0.5, 0.6) is 0 Å². The number of piperazine rings is 1. The van der Waals surface area contributed by atoms with E-state index in [1.165, 1.54) is 0 Å². The molecule has 1 aliphatic rings. The number of aryl methyl sites for hydroxylation is 1. The minimum Gasteiger partial charge on any atom is -0.349 e. The molecule has 0 saturated carbocycles. The zero-order valence-electron chi connectivity index (χ0n) is 10.9. The summed E-state index contributed by atoms with van der Waals surface area (Å²) in [5.74, 6) is -0.637. The van der Waals surface area contributed by atoms with Gasteiger partial charge in [0.2, 0.25) is 11.8 Å². The number of nitrogens with one attached hydrogen (secondary N) is 1. The normalized spacial score (nSPS) is 19.0. The van der Waals surface area contributed by atoms with Crippen LogP contribution in [0.2, 0.25) is 0 Å². The largest absolute Gasteiger partial charge is 0.349 e. The lowest BCUT2D eigenvalue weighted by molar-refractivity contribution is -0.132. The van der Waals surface area contributed by atoms with Gasteiger partial charge >= 0.3 is 0 Å². The Morgan fingerprint density at radius 1 is 1.47 bits per heavy atom. The predicted octanol–water partition coefficient (Wildman–Crippen LogP) is 1.11. The molecular formula is C14H15N3O2. The first-order chi connectivity index (χ1) is 9.06. The Kier molecular flexibility index (Phi) is 3.52. The quantitative estimate of drug-likeness (QED) is 0.805. The molecule has 0 radical (unpaired) electrons. The van der Waals surface area contributed by atoms with Crippen molar-refractivity contribution in [2.24, 2.45) is 0 Å². The minimum atomic E-state index is -0.410. The number of anilines is 1. The smallest absolute Gasteiger partial charge is 0.249 e. The van der Waals surface area contributed by atoms with Crippen LogP contribution >= 0.6 is 0 Å². The fraction of sp³-hybridized carbons (Fsp3) is 0.357. The van der Waals surface area contributed by atoms with Crippen molar-refractivity contribution < 1.29 is 9.59 Å². The number of benzene rings is 1. The fourth-order valence-electron chi connectivity index (χ4n) is 2.32. The molecule has 0 aliphatic carbocycles. The van der Waals surface area contributed by atoms with Gasteiger partial charge in [0.25, 0.3) is 0 Å². The van der Waals surface area contributed by atoms with Crippen LogP contribution in [0, 0.1) is 18.3 Å². The van der Waals surface area contributed by atoms with Crippen LogP contribution in [0.1, 0.15) is 24.5 Å². The summed E-state index contributed by atoms with van der Waals surface area (Å²) in [4.78, 5) is 25.1. The molecule has 19 heavy (non-hydrogen) atoms. The Labute approximate surface area is 111 Å². The Morgan fingerprint density at radius 2 is 2.21 bits per heavy atom. The second kappa shape index (κ2) is 5.11. The molecule has 1 aromatic carbocycles. The van der Waals surface area contributed by atoms with Gasteiger partial charge < -0.3 is 4.90 Å². The zero-order chi connectivity index (χ0) is 14.0. The van der Waals surface area contributed by atoms with Crippen molar-refractivity contribution in [2.45, 2.75) is 26.3 Å². The van der Waals surface area contributed by atoms with Crippen LogP contribution < -0.4 is 10.2 Å². The van der Waals surface area contributed by atoms with Gasteiger partial charge in [0.1, 0.15) is 12.1 Å². The molecular weight excluding hydrogens is 242 g/mol. The van der Waals surface area contributed by atoms with Gasteiger partial charge in [-0.3, -0.25) is 14.9 Å². The van der Waals surface area contributed by atoms with Crippen molar-refractivity contribution in [1.29, 1.82) is 5.26 Å². The fourth-order valence-corrected chi connectivity index (χ4v) is 2.32. The minimum absolute atomic E-state index is 0.0992. The molecule has 1 N–H and O–H groups in total. The molecule has 98 valence electrons. The van der Waals surface area contributed by atoms with Crippen molar-refractivity contribution in [3.8, 4) is 6.07 Å². The maximum Gasteiger partial charge on any atom is 0.249 e. The summed E-state index contributed by atoms with van der Waals surface area (Å²) >= 11 is 0. The van der Waals surface area contributed by atoms with Crippen LogP contribution in [-0.4, -0.2) is 24.4 Å². The topological polar surface area (TPSA) is 73.2 Å². The van der Waals surface area contributed by atoms with Crippen molar-refractivity contribution >= 4 is 17.5 Å². The van der Waals surface area contributed by atoms with Crippen LogP contribution in [0.4, 0.5) is 5.69 Å². The van der Waals surface area contributed by atoms with E-state index in [0.717, 1.165) is 5.56 Å². The first-order valence-corrected chi connectivity index (χ1v) is 6.18. The third-order valence-electron chi connectivity index (χ3n) is 3.22. The van der Waals surface area contributed by atoms with Gasteiger partial charge in [-0.1, -0.05) is 13.0 Å². The molecule has 1 aromatic rings. The van der Waals surface area contributed by atoms with E-state index in [0.29, 0.717) is 17.7 Å². The van der Waals surface area contributed by atoms with E-state index < -0.39 is 6.04 Å². The van der Waals surface area contributed by atoms with E-state index in [-0.39, 0.29) is 18.4 Å². The zero-order valence-corrected chi connectivity index (χ0v) is 10.9. The van der Waals surface area contributed by atoms with Crippen LogP contribution in [0.15, 0.2) is 18.2 Å². The number of hydrogen-bond donors (Lipinski definition) is 1. The average Bonchev–Trinajstić information content (AvgIpc) is 2.37. The number of carbonyl (C=O) groups excluding carboxylic acids is 2. The first kappa shape index (κ1) is 13.1. The second-order valence-electron chi connectivity index (χ2n) is 4.60. The van der Waals surface area contributed by atoms with E-state index in [1.807, 2.05) is 19.9 Å². The standard InChI is InChI=1S/C14H15N3O2/c1-3-11-14(19)16-13(18)8-17(11)12-5-4-9(2)6-10(12)7-15/h4-6,11H,3,8H2,1-2H3,(H,16,18,19). The number of carbonyl (C=O) groups is 2. The highest BCUT2D eigenvalue weighted by atomic mass is 16.2. The summed E-state index contributed by atoms with van der Waals surface area (Å²) < 4.78 is 0. The first-order valence-electron chi connectivity index (χ1n) is 6.18. The van der Waals surface area contributed by atoms with E-state index in [9.17, 15) is 14.9 Å². The van der Waals surface area contributed by atoms with Gasteiger partial charge in [-0.05, 0) is 31.0 Å². The number of imide groups is 1. The number of nitriles is 1. The molecule has 1 saturated heterocycles. The molecule has 1 fully saturated rings. The second-order valence-corrected chi connectivity index (χ2v) is 4.60. The van der Waals surface area contributed by atoms with E-state index >= 15 is 0 Å². The number of amides is 2. The van der Waals surface area contributed by atoms with Crippen molar-refractivity contribution in [1.82, 2.24) is 5.32 Å². The molecule has 1 atom stereocenters. The molecule has 1 aliphatic heterocycles. The highest BCUT2D eigenvalue weighted by Gasteiger charge is 2.33.